The average Bonchev–Trinajstić information content (AvgIpc) is 2.47. The van der Waals surface area contributed by atoms with Gasteiger partial charge in [0.05, 0.1) is 4.92 Å². The van der Waals surface area contributed by atoms with E-state index in [1.54, 1.807) is 24.3 Å². The van der Waals surface area contributed by atoms with Gasteiger partial charge in [-0.1, -0.05) is 24.3 Å². The van der Waals surface area contributed by atoms with Crippen LogP contribution in [0.5, 0.6) is 5.75 Å². The van der Waals surface area contributed by atoms with Crippen molar-refractivity contribution in [1.82, 2.24) is 0 Å². The van der Waals surface area contributed by atoms with E-state index in [0.717, 1.165) is 11.1 Å². The molecule has 0 aromatic heterocycles. The third-order valence-corrected chi connectivity index (χ3v) is 2.84. The van der Waals surface area contributed by atoms with Crippen molar-refractivity contribution in [3.05, 3.63) is 69.8 Å². The van der Waals surface area contributed by atoms with Gasteiger partial charge in [0.1, 0.15) is 5.75 Å². The largest absolute Gasteiger partial charge is 0.482 e. The average molecular weight is 287 g/mol. The normalized spacial score (nSPS) is 10.1. The number of carboxylic acids is 1. The highest BCUT2D eigenvalue weighted by Gasteiger charge is 2.05. The van der Waals surface area contributed by atoms with Gasteiger partial charge in [0.15, 0.2) is 6.61 Å². The molecular weight excluding hydrogens is 274 g/mol. The first-order valence-corrected chi connectivity index (χ1v) is 6.21. The number of rotatable bonds is 6. The number of carbonyl (C=O) groups is 1. The zero-order valence-corrected chi connectivity index (χ0v) is 11.1. The van der Waals surface area contributed by atoms with Crippen LogP contribution < -0.4 is 4.74 Å². The topological polar surface area (TPSA) is 89.7 Å². The number of hydrogen-bond acceptors (Lipinski definition) is 4. The molecule has 0 saturated heterocycles. The molecule has 0 heterocycles. The first kappa shape index (κ1) is 14.5. The van der Waals surface area contributed by atoms with Crippen LogP contribution in [-0.2, 0) is 11.2 Å². The van der Waals surface area contributed by atoms with Crippen LogP contribution in [0.3, 0.4) is 0 Å². The Labute approximate surface area is 120 Å². The van der Waals surface area contributed by atoms with E-state index in [2.05, 4.69) is 0 Å². The number of aliphatic carboxylic acids is 1. The molecule has 21 heavy (non-hydrogen) atoms. The fraction of sp³-hybridized carbons (Fsp3) is 0.133. The quantitative estimate of drug-likeness (QED) is 0.651. The highest BCUT2D eigenvalue weighted by molar-refractivity contribution is 5.68. The van der Waals surface area contributed by atoms with Gasteiger partial charge in [0.25, 0.3) is 5.69 Å². The molecule has 0 amide bonds. The Morgan fingerprint density at radius 2 is 1.57 bits per heavy atom. The molecule has 0 unspecified atom stereocenters. The van der Waals surface area contributed by atoms with Crippen molar-refractivity contribution in [3.8, 4) is 5.75 Å². The third-order valence-electron chi connectivity index (χ3n) is 2.84. The van der Waals surface area contributed by atoms with Crippen LogP contribution in [0.1, 0.15) is 11.1 Å². The second-order valence-electron chi connectivity index (χ2n) is 4.43. The van der Waals surface area contributed by atoms with Crippen molar-refractivity contribution in [2.24, 2.45) is 0 Å². The lowest BCUT2D eigenvalue weighted by Gasteiger charge is -2.05. The van der Waals surface area contributed by atoms with E-state index in [0.29, 0.717) is 12.2 Å². The summed E-state index contributed by atoms with van der Waals surface area (Å²) in [6, 6.07) is 13.4. The van der Waals surface area contributed by atoms with E-state index < -0.39 is 10.9 Å². The molecule has 2 rings (SSSR count). The van der Waals surface area contributed by atoms with Gasteiger partial charge < -0.3 is 9.84 Å². The van der Waals surface area contributed by atoms with E-state index in [-0.39, 0.29) is 12.3 Å². The molecule has 0 aliphatic carbocycles. The molecule has 0 radical (unpaired) electrons. The lowest BCUT2D eigenvalue weighted by atomic mass is 10.0. The Morgan fingerprint density at radius 3 is 2.05 bits per heavy atom. The van der Waals surface area contributed by atoms with Gasteiger partial charge in [-0.3, -0.25) is 10.1 Å². The highest BCUT2D eigenvalue weighted by Crippen LogP contribution is 2.17. The first-order chi connectivity index (χ1) is 10.0. The minimum absolute atomic E-state index is 0.0659. The summed E-state index contributed by atoms with van der Waals surface area (Å²) < 4.78 is 5.04. The van der Waals surface area contributed by atoms with Crippen LogP contribution in [-0.4, -0.2) is 22.6 Å². The smallest absolute Gasteiger partial charge is 0.341 e. The summed E-state index contributed by atoms with van der Waals surface area (Å²) in [5.41, 5.74) is 2.03. The van der Waals surface area contributed by atoms with Crippen molar-refractivity contribution in [1.29, 1.82) is 0 Å². The maximum atomic E-state index is 10.6. The zero-order valence-electron chi connectivity index (χ0n) is 11.1. The Kier molecular flexibility index (Phi) is 4.50. The lowest BCUT2D eigenvalue weighted by Crippen LogP contribution is -2.09. The Hall–Kier alpha value is -2.89. The predicted molar refractivity (Wildman–Crippen MR) is 75.5 cm³/mol. The Bertz CT molecular complexity index is 634. The van der Waals surface area contributed by atoms with Crippen molar-refractivity contribution < 1.29 is 19.6 Å². The Morgan fingerprint density at radius 1 is 1.05 bits per heavy atom. The number of non-ortho nitro benzene ring substituents is 1. The van der Waals surface area contributed by atoms with E-state index in [1.165, 1.54) is 12.1 Å². The summed E-state index contributed by atoms with van der Waals surface area (Å²) >= 11 is 0. The molecule has 0 aliphatic heterocycles. The van der Waals surface area contributed by atoms with Gasteiger partial charge in [-0.05, 0) is 29.7 Å². The number of ether oxygens (including phenoxy) is 1. The summed E-state index contributed by atoms with van der Waals surface area (Å²) in [6.07, 6.45) is 0.636. The van der Waals surface area contributed by atoms with Gasteiger partial charge in [0, 0.05) is 12.1 Å². The van der Waals surface area contributed by atoms with Crippen LogP contribution >= 0.6 is 0 Å². The maximum absolute atomic E-state index is 10.6. The Balaban J connectivity index is 1.99. The third kappa shape index (κ3) is 4.31. The summed E-state index contributed by atoms with van der Waals surface area (Å²) in [7, 11) is 0. The van der Waals surface area contributed by atoms with Crippen molar-refractivity contribution >= 4 is 11.7 Å². The molecule has 0 bridgehead atoms. The molecule has 108 valence electrons. The number of hydrogen-bond donors (Lipinski definition) is 1. The van der Waals surface area contributed by atoms with Gasteiger partial charge >= 0.3 is 5.97 Å². The summed E-state index contributed by atoms with van der Waals surface area (Å²) in [5, 5.41) is 19.1. The first-order valence-electron chi connectivity index (χ1n) is 6.21. The van der Waals surface area contributed by atoms with E-state index in [1.807, 2.05) is 12.1 Å². The molecule has 2 aromatic rings. The fourth-order valence-corrected chi connectivity index (χ4v) is 1.82. The van der Waals surface area contributed by atoms with Crippen LogP contribution in [0.25, 0.3) is 0 Å². The van der Waals surface area contributed by atoms with Gasteiger partial charge in [-0.25, -0.2) is 4.79 Å². The van der Waals surface area contributed by atoms with Crippen molar-refractivity contribution in [3.63, 3.8) is 0 Å². The second kappa shape index (κ2) is 6.51. The molecule has 6 nitrogen and oxygen atoms in total. The van der Waals surface area contributed by atoms with Crippen LogP contribution in [0.15, 0.2) is 48.5 Å². The number of nitrogens with zero attached hydrogens (tertiary/aromatic N) is 1. The van der Waals surface area contributed by atoms with Crippen LogP contribution in [0, 0.1) is 10.1 Å². The standard InChI is InChI=1S/C15H13NO5/c17-15(18)10-21-14-7-3-12(4-8-14)9-11-1-5-13(6-2-11)16(19)20/h1-8H,9-10H2,(H,17,18). The van der Waals surface area contributed by atoms with Gasteiger partial charge in [-0.15, -0.1) is 0 Å². The van der Waals surface area contributed by atoms with Gasteiger partial charge in [0.2, 0.25) is 0 Å². The molecule has 1 N–H and O–H groups in total. The second-order valence-corrected chi connectivity index (χ2v) is 4.43. The minimum atomic E-state index is -1.02. The molecule has 0 saturated carbocycles. The summed E-state index contributed by atoms with van der Waals surface area (Å²) in [6.45, 7) is -0.373. The van der Waals surface area contributed by atoms with Crippen LogP contribution in [0.2, 0.25) is 0 Å². The SMILES string of the molecule is O=C(O)COc1ccc(Cc2ccc([N+](=O)[O-])cc2)cc1. The number of benzene rings is 2. The summed E-state index contributed by atoms with van der Waals surface area (Å²) in [5.74, 6) is -0.533. The highest BCUT2D eigenvalue weighted by atomic mass is 16.6. The molecule has 0 spiro atoms. The monoisotopic (exact) mass is 287 g/mol. The van der Waals surface area contributed by atoms with Crippen molar-refractivity contribution in [2.75, 3.05) is 6.61 Å². The molecule has 0 aliphatic rings. The summed E-state index contributed by atoms with van der Waals surface area (Å²) in [4.78, 5) is 20.5. The predicted octanol–water partition coefficient (Wildman–Crippen LogP) is 2.65. The maximum Gasteiger partial charge on any atom is 0.341 e. The minimum Gasteiger partial charge on any atom is -0.482 e. The van der Waals surface area contributed by atoms with Gasteiger partial charge in [-0.2, -0.15) is 0 Å². The molecule has 0 fully saturated rings. The van der Waals surface area contributed by atoms with Crippen LogP contribution in [0.4, 0.5) is 5.69 Å². The molecule has 6 heteroatoms. The fourth-order valence-electron chi connectivity index (χ4n) is 1.82. The zero-order chi connectivity index (χ0) is 15.2. The molecule has 2 aromatic carbocycles. The van der Waals surface area contributed by atoms with Crippen molar-refractivity contribution in [2.45, 2.75) is 6.42 Å². The molecule has 0 atom stereocenters. The number of nitro groups is 1. The number of nitro benzene ring substituents is 1. The lowest BCUT2D eigenvalue weighted by molar-refractivity contribution is -0.384. The van der Waals surface area contributed by atoms with E-state index in [9.17, 15) is 14.9 Å². The molecular formula is C15H13NO5. The van der Waals surface area contributed by atoms with E-state index >= 15 is 0 Å². The van der Waals surface area contributed by atoms with E-state index in [4.69, 9.17) is 9.84 Å². The number of carboxylic acid groups (broad SMARTS) is 1.